The van der Waals surface area contributed by atoms with Gasteiger partial charge in [0.25, 0.3) is 0 Å². The number of piperidine rings is 1. The number of benzene rings is 1. The Kier molecular flexibility index (Phi) is 7.04. The van der Waals surface area contributed by atoms with Gasteiger partial charge in [-0.25, -0.2) is 4.79 Å². The highest BCUT2D eigenvalue weighted by molar-refractivity contribution is 8.24. The third-order valence-corrected chi connectivity index (χ3v) is 7.15. The highest BCUT2D eigenvalue weighted by Crippen LogP contribution is 2.41. The van der Waals surface area contributed by atoms with Crippen LogP contribution in [0.2, 0.25) is 0 Å². The smallest absolute Gasteiger partial charge is 0.387 e. The van der Waals surface area contributed by atoms with Crippen molar-refractivity contribution in [1.29, 1.82) is 0 Å². The van der Waals surface area contributed by atoms with Crippen LogP contribution in [0.25, 0.3) is 0 Å². The van der Waals surface area contributed by atoms with Crippen molar-refractivity contribution in [2.75, 3.05) is 44.8 Å². The molecule has 168 valence electrons. The monoisotopic (exact) mass is 448 g/mol. The summed E-state index contributed by atoms with van der Waals surface area (Å²) in [5, 5.41) is 0. The molecule has 2 amide bonds. The Labute approximate surface area is 175 Å². The molecule has 0 aromatic heterocycles. The normalized spacial score (nSPS) is 25.0. The molecule has 3 rings (SSSR count). The van der Waals surface area contributed by atoms with E-state index in [2.05, 4.69) is 4.74 Å². The van der Waals surface area contributed by atoms with Gasteiger partial charge in [-0.3, -0.25) is 13.9 Å². The topological polar surface area (TPSA) is 99.5 Å². The number of methoxy groups -OCH3 is 1. The van der Waals surface area contributed by atoms with Gasteiger partial charge >= 0.3 is 18.6 Å². The van der Waals surface area contributed by atoms with Gasteiger partial charge in [-0.1, -0.05) is 12.1 Å². The van der Waals surface area contributed by atoms with E-state index in [0.29, 0.717) is 13.0 Å². The van der Waals surface area contributed by atoms with Crippen molar-refractivity contribution in [1.82, 2.24) is 9.80 Å². The standard InChI is InChI=1S/C19H26F2N2O6S/c1-28-17(24)15-10-14(13-2-4-16(5-3-13)29-18(20)21)11-23(12-15)19(25)22-6-8-30(26,27)9-7-22/h2-5,14-15,18,26-27H,6-12H2,1H3. The number of rotatable bonds is 4. The number of alkyl halides is 2. The van der Waals surface area contributed by atoms with Crippen molar-refractivity contribution >= 4 is 22.6 Å². The maximum atomic E-state index is 13.0. The van der Waals surface area contributed by atoms with Crippen LogP contribution in [0.3, 0.4) is 0 Å². The van der Waals surface area contributed by atoms with Crippen molar-refractivity contribution in [2.45, 2.75) is 19.0 Å². The molecule has 2 aliphatic heterocycles. The number of esters is 1. The highest BCUT2D eigenvalue weighted by atomic mass is 32.3. The summed E-state index contributed by atoms with van der Waals surface area (Å²) in [5.74, 6) is -0.792. The van der Waals surface area contributed by atoms with Crippen LogP contribution in [0.1, 0.15) is 17.9 Å². The summed E-state index contributed by atoms with van der Waals surface area (Å²) in [6, 6.07) is 5.92. The van der Waals surface area contributed by atoms with Crippen LogP contribution in [0.5, 0.6) is 5.75 Å². The summed E-state index contributed by atoms with van der Waals surface area (Å²) in [6.07, 6.45) is 0.464. The third-order valence-electron chi connectivity index (χ3n) is 5.48. The molecule has 2 fully saturated rings. The Balaban J connectivity index is 1.74. The van der Waals surface area contributed by atoms with E-state index in [0.717, 1.165) is 5.56 Å². The molecule has 8 nitrogen and oxygen atoms in total. The first-order valence-electron chi connectivity index (χ1n) is 9.58. The minimum Gasteiger partial charge on any atom is -0.469 e. The van der Waals surface area contributed by atoms with Gasteiger partial charge in [0.1, 0.15) is 5.75 Å². The molecule has 2 unspecified atom stereocenters. The Morgan fingerprint density at radius 1 is 1.10 bits per heavy atom. The van der Waals surface area contributed by atoms with Crippen molar-refractivity contribution in [3.05, 3.63) is 29.8 Å². The van der Waals surface area contributed by atoms with Crippen LogP contribution in [0.15, 0.2) is 24.3 Å². The molecule has 1 aromatic carbocycles. The van der Waals surface area contributed by atoms with Gasteiger partial charge in [0.15, 0.2) is 0 Å². The largest absolute Gasteiger partial charge is 0.469 e. The maximum Gasteiger partial charge on any atom is 0.387 e. The van der Waals surface area contributed by atoms with E-state index in [9.17, 15) is 27.5 Å². The lowest BCUT2D eigenvalue weighted by Crippen LogP contribution is -2.53. The van der Waals surface area contributed by atoms with E-state index >= 15 is 0 Å². The van der Waals surface area contributed by atoms with Crippen LogP contribution < -0.4 is 4.74 Å². The molecular weight excluding hydrogens is 422 g/mol. The Morgan fingerprint density at radius 3 is 2.30 bits per heavy atom. The first-order valence-corrected chi connectivity index (χ1v) is 11.5. The Bertz CT molecular complexity index is 754. The summed E-state index contributed by atoms with van der Waals surface area (Å²) in [5.41, 5.74) is 0.802. The van der Waals surface area contributed by atoms with Gasteiger partial charge in [0.2, 0.25) is 0 Å². The van der Waals surface area contributed by atoms with Crippen LogP contribution in [0.4, 0.5) is 13.6 Å². The quantitative estimate of drug-likeness (QED) is 0.687. The third kappa shape index (κ3) is 5.52. The van der Waals surface area contributed by atoms with E-state index in [1.807, 2.05) is 0 Å². The fourth-order valence-electron chi connectivity index (χ4n) is 3.87. The number of carbonyl (C=O) groups is 2. The maximum absolute atomic E-state index is 13.0. The van der Waals surface area contributed by atoms with Gasteiger partial charge in [-0.15, -0.1) is 0 Å². The molecular formula is C19H26F2N2O6S. The van der Waals surface area contributed by atoms with Crippen LogP contribution in [-0.2, 0) is 9.53 Å². The van der Waals surface area contributed by atoms with E-state index in [4.69, 9.17) is 4.74 Å². The molecule has 11 heteroatoms. The number of likely N-dealkylation sites (tertiary alicyclic amines) is 1. The summed E-state index contributed by atoms with van der Waals surface area (Å²) < 4.78 is 53.5. The second kappa shape index (κ2) is 9.36. The Morgan fingerprint density at radius 2 is 1.73 bits per heavy atom. The highest BCUT2D eigenvalue weighted by Gasteiger charge is 2.37. The predicted molar refractivity (Wildman–Crippen MR) is 107 cm³/mol. The second-order valence-electron chi connectivity index (χ2n) is 7.49. The summed E-state index contributed by atoms with van der Waals surface area (Å²) >= 11 is 0. The van der Waals surface area contributed by atoms with Crippen LogP contribution >= 0.6 is 10.6 Å². The van der Waals surface area contributed by atoms with E-state index in [1.54, 1.807) is 21.9 Å². The molecule has 2 atom stereocenters. The predicted octanol–water partition coefficient (Wildman–Crippen LogP) is 3.05. The minimum absolute atomic E-state index is 0.0364. The molecule has 0 aliphatic carbocycles. The zero-order chi connectivity index (χ0) is 21.9. The van der Waals surface area contributed by atoms with E-state index in [-0.39, 0.29) is 48.8 Å². The average molecular weight is 448 g/mol. The van der Waals surface area contributed by atoms with Gasteiger partial charge in [0, 0.05) is 32.1 Å². The first kappa shape index (κ1) is 22.6. The molecule has 2 aliphatic rings. The Hall–Kier alpha value is -2.11. The molecule has 2 N–H and O–H groups in total. The molecule has 0 bridgehead atoms. The molecule has 2 saturated heterocycles. The lowest BCUT2D eigenvalue weighted by molar-refractivity contribution is -0.147. The number of hydrogen-bond acceptors (Lipinski definition) is 6. The number of hydrogen-bond donors (Lipinski definition) is 2. The average Bonchev–Trinajstić information content (AvgIpc) is 2.72. The number of nitrogens with zero attached hydrogens (tertiary/aromatic N) is 2. The van der Waals surface area contributed by atoms with Gasteiger partial charge in [-0.05, 0) is 24.1 Å². The van der Waals surface area contributed by atoms with Crippen LogP contribution in [-0.4, -0.2) is 82.3 Å². The molecule has 2 heterocycles. The van der Waals surface area contributed by atoms with Gasteiger partial charge < -0.3 is 19.3 Å². The van der Waals surface area contributed by atoms with Crippen LogP contribution in [0, 0.1) is 5.92 Å². The molecule has 0 saturated carbocycles. The second-order valence-corrected chi connectivity index (χ2v) is 9.91. The molecule has 1 aromatic rings. The summed E-state index contributed by atoms with van der Waals surface area (Å²) in [6.45, 7) is -1.86. The van der Waals surface area contributed by atoms with Crippen molar-refractivity contribution in [3.8, 4) is 5.75 Å². The number of amides is 2. The van der Waals surface area contributed by atoms with E-state index < -0.39 is 29.1 Å². The number of urea groups is 1. The van der Waals surface area contributed by atoms with Crippen molar-refractivity contribution in [3.63, 3.8) is 0 Å². The first-order chi connectivity index (χ1) is 14.2. The molecule has 30 heavy (non-hydrogen) atoms. The minimum atomic E-state index is -2.91. The number of ether oxygens (including phenoxy) is 2. The summed E-state index contributed by atoms with van der Waals surface area (Å²) in [7, 11) is -1.33. The van der Waals surface area contributed by atoms with Gasteiger partial charge in [-0.2, -0.15) is 19.4 Å². The zero-order valence-electron chi connectivity index (χ0n) is 16.6. The summed E-state index contributed by atoms with van der Waals surface area (Å²) in [4.78, 5) is 28.4. The molecule has 0 radical (unpaired) electrons. The number of halogens is 2. The fraction of sp³-hybridized carbons (Fsp3) is 0.579. The van der Waals surface area contributed by atoms with Crippen molar-refractivity contribution < 1.29 is 36.9 Å². The fourth-order valence-corrected chi connectivity index (χ4v) is 5.10. The van der Waals surface area contributed by atoms with Gasteiger partial charge in [0.05, 0.1) is 24.5 Å². The zero-order valence-corrected chi connectivity index (χ0v) is 17.4. The SMILES string of the molecule is COC(=O)C1CC(c2ccc(OC(F)F)cc2)CN(C(=O)N2CCS(O)(O)CC2)C1. The lowest BCUT2D eigenvalue weighted by Gasteiger charge is -2.44. The molecule has 0 spiro atoms. The lowest BCUT2D eigenvalue weighted by atomic mass is 9.84. The van der Waals surface area contributed by atoms with E-state index in [1.165, 1.54) is 19.2 Å². The van der Waals surface area contributed by atoms with Crippen molar-refractivity contribution in [2.24, 2.45) is 5.92 Å². The number of carbonyl (C=O) groups excluding carboxylic acids is 2.